The van der Waals surface area contributed by atoms with Crippen LogP contribution in [0.5, 0.6) is 17.2 Å². The first-order valence-electron chi connectivity index (χ1n) is 8.44. The molecule has 5 nitrogen and oxygen atoms in total. The van der Waals surface area contributed by atoms with Crippen LogP contribution >= 0.6 is 11.6 Å². The minimum Gasteiger partial charge on any atom is -0.496 e. The molecular weight excluding hydrogens is 340 g/mol. The number of hydrogen-bond acceptors (Lipinski definition) is 5. The van der Waals surface area contributed by atoms with Crippen molar-refractivity contribution in [3.8, 4) is 17.2 Å². The maximum atomic E-state index is 6.31. The van der Waals surface area contributed by atoms with E-state index in [0.717, 1.165) is 54.6 Å². The fraction of sp³-hybridized carbons (Fsp3) is 0.368. The normalized spacial score (nSPS) is 18.2. The summed E-state index contributed by atoms with van der Waals surface area (Å²) in [7, 11) is 1.70. The molecule has 1 unspecified atom stereocenters. The van der Waals surface area contributed by atoms with E-state index in [0.29, 0.717) is 5.02 Å². The van der Waals surface area contributed by atoms with Gasteiger partial charge in [-0.1, -0.05) is 17.7 Å². The maximum absolute atomic E-state index is 6.31. The van der Waals surface area contributed by atoms with Crippen molar-refractivity contribution in [1.29, 1.82) is 0 Å². The monoisotopic (exact) mass is 360 g/mol. The number of rotatable bonds is 4. The lowest BCUT2D eigenvalue weighted by Crippen LogP contribution is -2.45. The third-order valence-corrected chi connectivity index (χ3v) is 4.95. The lowest BCUT2D eigenvalue weighted by Gasteiger charge is -2.36. The summed E-state index contributed by atoms with van der Waals surface area (Å²) in [6, 6.07) is 12.0. The van der Waals surface area contributed by atoms with Crippen LogP contribution in [0.1, 0.15) is 17.2 Å². The summed E-state index contributed by atoms with van der Waals surface area (Å²) in [5, 5.41) is 4.12. The highest BCUT2D eigenvalue weighted by molar-refractivity contribution is 6.30. The van der Waals surface area contributed by atoms with Crippen molar-refractivity contribution in [2.75, 3.05) is 40.1 Å². The van der Waals surface area contributed by atoms with Crippen LogP contribution in [0.3, 0.4) is 0 Å². The largest absolute Gasteiger partial charge is 0.496 e. The molecular formula is C19H21ClN2O3. The van der Waals surface area contributed by atoms with E-state index in [1.54, 1.807) is 7.11 Å². The van der Waals surface area contributed by atoms with Gasteiger partial charge in [0.1, 0.15) is 5.75 Å². The average molecular weight is 361 g/mol. The first kappa shape index (κ1) is 16.5. The highest BCUT2D eigenvalue weighted by atomic mass is 35.5. The molecule has 0 bridgehead atoms. The van der Waals surface area contributed by atoms with Crippen molar-refractivity contribution >= 4 is 11.6 Å². The number of piperazine rings is 1. The Morgan fingerprint density at radius 3 is 2.68 bits per heavy atom. The second-order valence-corrected chi connectivity index (χ2v) is 6.62. The van der Waals surface area contributed by atoms with Gasteiger partial charge in [0.15, 0.2) is 11.5 Å². The molecule has 1 N–H and O–H groups in total. The van der Waals surface area contributed by atoms with Crippen molar-refractivity contribution in [1.82, 2.24) is 10.2 Å². The number of fused-ring (bicyclic) bond motifs is 1. The van der Waals surface area contributed by atoms with Crippen molar-refractivity contribution in [2.45, 2.75) is 6.04 Å². The molecule has 0 spiro atoms. The molecule has 0 aromatic heterocycles. The highest BCUT2D eigenvalue weighted by Gasteiger charge is 2.28. The summed E-state index contributed by atoms with van der Waals surface area (Å²) < 4.78 is 16.7. The minimum absolute atomic E-state index is 0.0465. The molecule has 4 rings (SSSR count). The third-order valence-electron chi connectivity index (χ3n) is 4.72. The minimum atomic E-state index is 0.0465. The van der Waals surface area contributed by atoms with E-state index in [-0.39, 0.29) is 12.8 Å². The van der Waals surface area contributed by atoms with E-state index in [1.165, 1.54) is 0 Å². The molecule has 0 aliphatic carbocycles. The summed E-state index contributed by atoms with van der Waals surface area (Å²) in [5.74, 6) is 2.42. The van der Waals surface area contributed by atoms with Gasteiger partial charge in [0, 0.05) is 36.8 Å². The zero-order chi connectivity index (χ0) is 17.2. The number of halogens is 1. The van der Waals surface area contributed by atoms with E-state index < -0.39 is 0 Å². The molecule has 25 heavy (non-hydrogen) atoms. The van der Waals surface area contributed by atoms with Crippen molar-refractivity contribution < 1.29 is 14.2 Å². The third kappa shape index (κ3) is 3.27. The van der Waals surface area contributed by atoms with Crippen molar-refractivity contribution in [2.24, 2.45) is 0 Å². The van der Waals surface area contributed by atoms with Crippen LogP contribution in [0, 0.1) is 0 Å². The second-order valence-electron chi connectivity index (χ2n) is 6.19. The molecule has 2 heterocycles. The van der Waals surface area contributed by atoms with Crippen LogP contribution < -0.4 is 19.5 Å². The van der Waals surface area contributed by atoms with Gasteiger partial charge in [-0.05, 0) is 35.9 Å². The number of nitrogens with one attached hydrogen (secondary N) is 1. The van der Waals surface area contributed by atoms with Crippen molar-refractivity contribution in [3.63, 3.8) is 0 Å². The van der Waals surface area contributed by atoms with Gasteiger partial charge in [-0.2, -0.15) is 0 Å². The fourth-order valence-corrected chi connectivity index (χ4v) is 3.71. The zero-order valence-corrected chi connectivity index (χ0v) is 14.9. The van der Waals surface area contributed by atoms with Crippen LogP contribution in [0.4, 0.5) is 0 Å². The number of benzene rings is 2. The van der Waals surface area contributed by atoms with Gasteiger partial charge < -0.3 is 19.5 Å². The Morgan fingerprint density at radius 2 is 1.88 bits per heavy atom. The topological polar surface area (TPSA) is 43.0 Å². The lowest BCUT2D eigenvalue weighted by molar-refractivity contribution is 0.173. The maximum Gasteiger partial charge on any atom is 0.231 e. The number of nitrogens with zero attached hydrogens (tertiary/aromatic N) is 1. The Labute approximate surface area is 152 Å². The van der Waals surface area contributed by atoms with Crippen LogP contribution in [0.25, 0.3) is 0 Å². The molecule has 2 aliphatic rings. The summed E-state index contributed by atoms with van der Waals surface area (Å²) >= 11 is 6.31. The lowest BCUT2D eigenvalue weighted by atomic mass is 9.95. The van der Waals surface area contributed by atoms with Gasteiger partial charge in [-0.25, -0.2) is 0 Å². The second kappa shape index (κ2) is 7.12. The van der Waals surface area contributed by atoms with E-state index in [2.05, 4.69) is 22.3 Å². The average Bonchev–Trinajstić information content (AvgIpc) is 3.11. The molecule has 132 valence electrons. The Morgan fingerprint density at radius 1 is 1.08 bits per heavy atom. The Bertz CT molecular complexity index is 762. The van der Waals surface area contributed by atoms with Crippen LogP contribution in [-0.2, 0) is 0 Å². The van der Waals surface area contributed by atoms with E-state index in [4.69, 9.17) is 25.8 Å². The van der Waals surface area contributed by atoms with Gasteiger partial charge in [0.2, 0.25) is 6.79 Å². The zero-order valence-electron chi connectivity index (χ0n) is 14.1. The summed E-state index contributed by atoms with van der Waals surface area (Å²) in [6.45, 7) is 4.11. The van der Waals surface area contributed by atoms with Gasteiger partial charge in [-0.3, -0.25) is 4.90 Å². The summed E-state index contributed by atoms with van der Waals surface area (Å²) in [6.07, 6.45) is 0. The molecule has 0 amide bonds. The summed E-state index contributed by atoms with van der Waals surface area (Å²) in [5.41, 5.74) is 2.21. The molecule has 0 saturated carbocycles. The molecule has 2 aromatic rings. The first-order chi connectivity index (χ1) is 12.3. The molecule has 1 saturated heterocycles. The smallest absolute Gasteiger partial charge is 0.231 e. The van der Waals surface area contributed by atoms with Gasteiger partial charge in [0.05, 0.1) is 13.2 Å². The first-order valence-corrected chi connectivity index (χ1v) is 8.82. The number of methoxy groups -OCH3 is 1. The van der Waals surface area contributed by atoms with Crippen LogP contribution in [-0.4, -0.2) is 45.0 Å². The molecule has 1 atom stereocenters. The Kier molecular flexibility index (Phi) is 4.70. The van der Waals surface area contributed by atoms with Crippen LogP contribution in [0.2, 0.25) is 5.02 Å². The molecule has 2 aromatic carbocycles. The fourth-order valence-electron chi connectivity index (χ4n) is 3.53. The van der Waals surface area contributed by atoms with Gasteiger partial charge >= 0.3 is 0 Å². The summed E-state index contributed by atoms with van der Waals surface area (Å²) in [4.78, 5) is 2.45. The SMILES string of the molecule is COc1ccc(Cl)cc1C(c1ccc2c(c1)OCO2)N1CCNCC1. The molecule has 0 radical (unpaired) electrons. The number of ether oxygens (including phenoxy) is 3. The molecule has 1 fully saturated rings. The molecule has 6 heteroatoms. The standard InChI is InChI=1S/C19H21ClN2O3/c1-23-16-5-3-14(20)11-15(16)19(22-8-6-21-7-9-22)13-2-4-17-18(10-13)25-12-24-17/h2-5,10-11,19,21H,6-9,12H2,1H3. The van der Waals surface area contributed by atoms with E-state index >= 15 is 0 Å². The predicted octanol–water partition coefficient (Wildman–Crippen LogP) is 3.07. The van der Waals surface area contributed by atoms with Crippen LogP contribution in [0.15, 0.2) is 36.4 Å². The highest BCUT2D eigenvalue weighted by Crippen LogP contribution is 2.40. The Balaban J connectivity index is 1.80. The van der Waals surface area contributed by atoms with E-state index in [1.807, 2.05) is 24.3 Å². The molecule has 2 aliphatic heterocycles. The van der Waals surface area contributed by atoms with Gasteiger partial charge in [0.25, 0.3) is 0 Å². The van der Waals surface area contributed by atoms with E-state index in [9.17, 15) is 0 Å². The van der Waals surface area contributed by atoms with Gasteiger partial charge in [-0.15, -0.1) is 0 Å². The Hall–Kier alpha value is -1.95. The van der Waals surface area contributed by atoms with Crippen molar-refractivity contribution in [3.05, 3.63) is 52.5 Å². The number of hydrogen-bond donors (Lipinski definition) is 1. The quantitative estimate of drug-likeness (QED) is 0.907. The predicted molar refractivity (Wildman–Crippen MR) is 96.9 cm³/mol.